The Labute approximate surface area is 163 Å². The van der Waals surface area contributed by atoms with Crippen LogP contribution >= 0.6 is 0 Å². The molecule has 0 aliphatic heterocycles. The van der Waals surface area contributed by atoms with Gasteiger partial charge in [-0.2, -0.15) is 0 Å². The van der Waals surface area contributed by atoms with Crippen molar-refractivity contribution >= 4 is 11.8 Å². The first-order chi connectivity index (χ1) is 13.7. The number of hydrazine groups is 1. The minimum atomic E-state index is -0.415. The lowest BCUT2D eigenvalue weighted by Gasteiger charge is -2.08. The van der Waals surface area contributed by atoms with Crippen LogP contribution in [0.25, 0.3) is 0 Å². The standard InChI is InChI=1S/C23H18N2O3/c1-28-21-15-13-20(14-16-21)23(27)25-24-22(26)19-11-9-18(10-12-19)8-7-17-5-3-2-4-6-17/h2-6,9-16H,1H3,(H,24,26)(H,25,27). The Morgan fingerprint density at radius 3 is 1.64 bits per heavy atom. The molecule has 3 aromatic carbocycles. The normalized spacial score (nSPS) is 9.61. The van der Waals surface area contributed by atoms with E-state index in [2.05, 4.69) is 22.7 Å². The Morgan fingerprint density at radius 2 is 1.14 bits per heavy atom. The molecule has 3 aromatic rings. The molecule has 0 heterocycles. The third-order valence-electron chi connectivity index (χ3n) is 3.91. The molecule has 0 unspecified atom stereocenters. The van der Waals surface area contributed by atoms with Crippen molar-refractivity contribution in [3.05, 3.63) is 101 Å². The largest absolute Gasteiger partial charge is 0.497 e. The molecule has 5 nitrogen and oxygen atoms in total. The fourth-order valence-corrected chi connectivity index (χ4v) is 2.37. The van der Waals surface area contributed by atoms with Gasteiger partial charge in [0.05, 0.1) is 7.11 Å². The summed E-state index contributed by atoms with van der Waals surface area (Å²) >= 11 is 0. The molecule has 5 heteroatoms. The van der Waals surface area contributed by atoms with Crippen LogP contribution in [0.3, 0.4) is 0 Å². The van der Waals surface area contributed by atoms with Crippen LogP contribution in [0, 0.1) is 11.8 Å². The van der Waals surface area contributed by atoms with Crippen LogP contribution in [0.15, 0.2) is 78.9 Å². The predicted octanol–water partition coefficient (Wildman–Crippen LogP) is 3.17. The zero-order valence-electron chi connectivity index (χ0n) is 15.2. The number of amides is 2. The fourth-order valence-electron chi connectivity index (χ4n) is 2.37. The molecule has 0 aromatic heterocycles. The van der Waals surface area contributed by atoms with Crippen LogP contribution < -0.4 is 15.6 Å². The molecule has 3 rings (SSSR count). The lowest BCUT2D eigenvalue weighted by Crippen LogP contribution is -2.41. The van der Waals surface area contributed by atoms with Crippen LogP contribution in [0.4, 0.5) is 0 Å². The third kappa shape index (κ3) is 4.99. The van der Waals surface area contributed by atoms with Crippen LogP contribution in [0.5, 0.6) is 5.75 Å². The van der Waals surface area contributed by atoms with Crippen LogP contribution in [-0.4, -0.2) is 18.9 Å². The number of carbonyl (C=O) groups excluding carboxylic acids is 2. The average molecular weight is 370 g/mol. The lowest BCUT2D eigenvalue weighted by atomic mass is 10.1. The highest BCUT2D eigenvalue weighted by molar-refractivity contribution is 5.99. The van der Waals surface area contributed by atoms with E-state index in [1.165, 1.54) is 0 Å². The Kier molecular flexibility index (Phi) is 6.06. The van der Waals surface area contributed by atoms with E-state index in [1.807, 2.05) is 30.3 Å². The minimum Gasteiger partial charge on any atom is -0.497 e. The molecule has 0 saturated heterocycles. The van der Waals surface area contributed by atoms with Gasteiger partial charge in [-0.25, -0.2) is 0 Å². The van der Waals surface area contributed by atoms with Crippen molar-refractivity contribution in [3.8, 4) is 17.6 Å². The maximum atomic E-state index is 12.2. The zero-order valence-corrected chi connectivity index (χ0v) is 15.2. The highest BCUT2D eigenvalue weighted by Crippen LogP contribution is 2.11. The number of carbonyl (C=O) groups is 2. The van der Waals surface area contributed by atoms with Crippen LogP contribution in [0.2, 0.25) is 0 Å². The van der Waals surface area contributed by atoms with Crippen molar-refractivity contribution in [2.45, 2.75) is 0 Å². The first-order valence-corrected chi connectivity index (χ1v) is 8.57. The number of rotatable bonds is 3. The van der Waals surface area contributed by atoms with E-state index in [4.69, 9.17) is 4.74 Å². The molecule has 2 N–H and O–H groups in total. The lowest BCUT2D eigenvalue weighted by molar-refractivity contribution is 0.0846. The quantitative estimate of drug-likeness (QED) is 0.550. The average Bonchev–Trinajstić information content (AvgIpc) is 2.77. The van der Waals surface area contributed by atoms with Crippen molar-refractivity contribution in [3.63, 3.8) is 0 Å². The minimum absolute atomic E-state index is 0.410. The van der Waals surface area contributed by atoms with Crippen molar-refractivity contribution in [1.29, 1.82) is 0 Å². The number of benzene rings is 3. The Morgan fingerprint density at radius 1 is 0.679 bits per heavy atom. The number of hydrogen-bond donors (Lipinski definition) is 2. The summed E-state index contributed by atoms with van der Waals surface area (Å²) in [6.07, 6.45) is 0. The second-order valence-corrected chi connectivity index (χ2v) is 5.83. The Bertz CT molecular complexity index is 1020. The topological polar surface area (TPSA) is 67.4 Å². The number of methoxy groups -OCH3 is 1. The summed E-state index contributed by atoms with van der Waals surface area (Å²) in [5.41, 5.74) is 7.33. The van der Waals surface area contributed by atoms with Gasteiger partial charge < -0.3 is 4.74 Å². The van der Waals surface area contributed by atoms with Crippen molar-refractivity contribution in [1.82, 2.24) is 10.9 Å². The van der Waals surface area contributed by atoms with E-state index in [1.54, 1.807) is 55.6 Å². The van der Waals surface area contributed by atoms with E-state index in [-0.39, 0.29) is 0 Å². The van der Waals surface area contributed by atoms with Crippen LogP contribution in [-0.2, 0) is 0 Å². The molecule has 2 amide bonds. The molecule has 0 spiro atoms. The number of ether oxygens (including phenoxy) is 1. The first kappa shape index (κ1) is 18.7. The fraction of sp³-hybridized carbons (Fsp3) is 0.0435. The van der Waals surface area contributed by atoms with Gasteiger partial charge in [0, 0.05) is 22.3 Å². The highest BCUT2D eigenvalue weighted by Gasteiger charge is 2.09. The molecule has 0 fully saturated rings. The van der Waals surface area contributed by atoms with Gasteiger partial charge in [-0.05, 0) is 60.7 Å². The molecule has 0 aliphatic rings. The van der Waals surface area contributed by atoms with E-state index >= 15 is 0 Å². The van der Waals surface area contributed by atoms with E-state index in [0.717, 1.165) is 11.1 Å². The van der Waals surface area contributed by atoms with E-state index in [0.29, 0.717) is 16.9 Å². The summed E-state index contributed by atoms with van der Waals surface area (Å²) in [5, 5.41) is 0. The molecule has 138 valence electrons. The molecular weight excluding hydrogens is 352 g/mol. The van der Waals surface area contributed by atoms with Gasteiger partial charge in [0.1, 0.15) is 5.75 Å². The summed E-state index contributed by atoms with van der Waals surface area (Å²) < 4.78 is 5.05. The van der Waals surface area contributed by atoms with E-state index in [9.17, 15) is 9.59 Å². The van der Waals surface area contributed by atoms with Crippen LogP contribution in [0.1, 0.15) is 31.8 Å². The van der Waals surface area contributed by atoms with Crippen molar-refractivity contribution < 1.29 is 14.3 Å². The summed E-state index contributed by atoms with van der Waals surface area (Å²) in [6, 6.07) is 23.1. The van der Waals surface area contributed by atoms with Gasteiger partial charge in [-0.3, -0.25) is 20.4 Å². The molecule has 0 radical (unpaired) electrons. The third-order valence-corrected chi connectivity index (χ3v) is 3.91. The van der Waals surface area contributed by atoms with Gasteiger partial charge in [-0.1, -0.05) is 30.0 Å². The maximum Gasteiger partial charge on any atom is 0.269 e. The summed E-state index contributed by atoms with van der Waals surface area (Å²) in [4.78, 5) is 24.3. The second-order valence-electron chi connectivity index (χ2n) is 5.83. The predicted molar refractivity (Wildman–Crippen MR) is 107 cm³/mol. The van der Waals surface area contributed by atoms with Gasteiger partial charge in [0.2, 0.25) is 0 Å². The van der Waals surface area contributed by atoms with Gasteiger partial charge in [0.15, 0.2) is 0 Å². The summed E-state index contributed by atoms with van der Waals surface area (Å²) in [7, 11) is 1.55. The molecule has 0 bridgehead atoms. The maximum absolute atomic E-state index is 12.2. The zero-order chi connectivity index (χ0) is 19.8. The number of nitrogens with one attached hydrogen (secondary N) is 2. The van der Waals surface area contributed by atoms with E-state index < -0.39 is 11.8 Å². The van der Waals surface area contributed by atoms with Crippen molar-refractivity contribution in [2.75, 3.05) is 7.11 Å². The molecule has 0 saturated carbocycles. The molecule has 28 heavy (non-hydrogen) atoms. The second kappa shape index (κ2) is 9.06. The Balaban J connectivity index is 1.57. The summed E-state index contributed by atoms with van der Waals surface area (Å²) in [5.74, 6) is 5.93. The van der Waals surface area contributed by atoms with Gasteiger partial charge in [0.25, 0.3) is 11.8 Å². The summed E-state index contributed by atoms with van der Waals surface area (Å²) in [6.45, 7) is 0. The van der Waals surface area contributed by atoms with Gasteiger partial charge in [-0.15, -0.1) is 0 Å². The van der Waals surface area contributed by atoms with Crippen molar-refractivity contribution in [2.24, 2.45) is 0 Å². The first-order valence-electron chi connectivity index (χ1n) is 8.57. The molecule has 0 aliphatic carbocycles. The molecular formula is C23H18N2O3. The Hall–Kier alpha value is -4.04. The monoisotopic (exact) mass is 370 g/mol. The highest BCUT2D eigenvalue weighted by atomic mass is 16.5. The number of hydrogen-bond acceptors (Lipinski definition) is 3. The van der Waals surface area contributed by atoms with Gasteiger partial charge >= 0.3 is 0 Å². The SMILES string of the molecule is COc1ccc(C(=O)NNC(=O)c2ccc(C#Cc3ccccc3)cc2)cc1. The molecule has 0 atom stereocenters. The smallest absolute Gasteiger partial charge is 0.269 e.